The Labute approximate surface area is 188 Å². The van der Waals surface area contributed by atoms with Gasteiger partial charge in [0.1, 0.15) is 12.4 Å². The molecule has 0 fully saturated rings. The summed E-state index contributed by atoms with van der Waals surface area (Å²) in [6.07, 6.45) is 5.74. The molecule has 0 saturated heterocycles. The largest absolute Gasteiger partial charge is 0.491 e. The lowest BCUT2D eigenvalue weighted by molar-refractivity contribution is -0.142. The first-order chi connectivity index (χ1) is 14.5. The van der Waals surface area contributed by atoms with Gasteiger partial charge in [-0.25, -0.2) is 0 Å². The molecule has 4 nitrogen and oxygen atoms in total. The van der Waals surface area contributed by atoms with Crippen molar-refractivity contribution >= 4 is 40.9 Å². The van der Waals surface area contributed by atoms with Crippen LogP contribution in [-0.2, 0) is 4.79 Å². The number of fused-ring (bicyclic) bond motifs is 1. The summed E-state index contributed by atoms with van der Waals surface area (Å²) in [6.45, 7) is 5.11. The van der Waals surface area contributed by atoms with Gasteiger partial charge in [-0.3, -0.25) is 4.79 Å². The molecule has 3 rings (SSSR count). The summed E-state index contributed by atoms with van der Waals surface area (Å²) >= 11 is 3.53. The predicted octanol–water partition coefficient (Wildman–Crippen LogP) is 6.56. The molecular formula is C24H31NO3S2. The molecule has 0 spiro atoms. The quantitative estimate of drug-likeness (QED) is 0.441. The molecule has 0 radical (unpaired) electrons. The highest BCUT2D eigenvalue weighted by Crippen LogP contribution is 2.45. The second kappa shape index (κ2) is 11.0. The van der Waals surface area contributed by atoms with Gasteiger partial charge in [-0.15, -0.1) is 23.5 Å². The topological polar surface area (TPSA) is 49.8 Å². The minimum atomic E-state index is -0.834. The highest BCUT2D eigenvalue weighted by atomic mass is 32.2. The Morgan fingerprint density at radius 2 is 2.10 bits per heavy atom. The highest BCUT2D eigenvalue weighted by molar-refractivity contribution is 7.99. The SMILES string of the molecule is CCCC[C@@H]1CSc2cc(OCC(C)C(=O)O)c(SC)cc2N(c2ccccc2)C1. The summed E-state index contributed by atoms with van der Waals surface area (Å²) in [5, 5.41) is 9.18. The fraction of sp³-hybridized carbons (Fsp3) is 0.458. The van der Waals surface area contributed by atoms with E-state index < -0.39 is 11.9 Å². The number of benzene rings is 2. The Hall–Kier alpha value is -1.79. The Kier molecular flexibility index (Phi) is 8.40. The van der Waals surface area contributed by atoms with Gasteiger partial charge in [0.2, 0.25) is 0 Å². The molecule has 162 valence electrons. The van der Waals surface area contributed by atoms with Crippen molar-refractivity contribution in [3.05, 3.63) is 42.5 Å². The normalized spacial score (nSPS) is 17.2. The lowest BCUT2D eigenvalue weighted by atomic mass is 10.0. The first-order valence-electron chi connectivity index (χ1n) is 10.6. The van der Waals surface area contributed by atoms with Crippen LogP contribution in [0, 0.1) is 11.8 Å². The molecule has 2 aromatic rings. The van der Waals surface area contributed by atoms with Crippen LogP contribution in [0.4, 0.5) is 11.4 Å². The number of para-hydroxylation sites is 1. The van der Waals surface area contributed by atoms with E-state index in [-0.39, 0.29) is 6.61 Å². The maximum atomic E-state index is 11.2. The van der Waals surface area contributed by atoms with Crippen LogP contribution in [0.5, 0.6) is 5.75 Å². The number of nitrogens with zero attached hydrogens (tertiary/aromatic N) is 1. The van der Waals surface area contributed by atoms with E-state index in [0.29, 0.717) is 5.92 Å². The zero-order chi connectivity index (χ0) is 21.5. The van der Waals surface area contributed by atoms with E-state index >= 15 is 0 Å². The second-order valence-corrected chi connectivity index (χ2v) is 9.70. The van der Waals surface area contributed by atoms with Gasteiger partial charge < -0.3 is 14.7 Å². The van der Waals surface area contributed by atoms with Gasteiger partial charge in [-0.1, -0.05) is 38.0 Å². The average Bonchev–Trinajstić information content (AvgIpc) is 2.94. The van der Waals surface area contributed by atoms with Crippen molar-refractivity contribution in [2.75, 3.05) is 30.1 Å². The smallest absolute Gasteiger partial charge is 0.309 e. The Balaban J connectivity index is 1.95. The van der Waals surface area contributed by atoms with E-state index in [0.717, 1.165) is 22.9 Å². The zero-order valence-electron chi connectivity index (χ0n) is 18.0. The number of carboxylic acid groups (broad SMARTS) is 1. The predicted molar refractivity (Wildman–Crippen MR) is 128 cm³/mol. The van der Waals surface area contributed by atoms with Crippen molar-refractivity contribution in [3.8, 4) is 5.75 Å². The minimum Gasteiger partial charge on any atom is -0.491 e. The number of carbonyl (C=O) groups is 1. The van der Waals surface area contributed by atoms with Gasteiger partial charge in [-0.05, 0) is 49.8 Å². The van der Waals surface area contributed by atoms with Crippen LogP contribution in [0.2, 0.25) is 0 Å². The third-order valence-electron chi connectivity index (χ3n) is 5.40. The number of hydrogen-bond donors (Lipinski definition) is 1. The molecule has 1 aliphatic heterocycles. The first-order valence-corrected chi connectivity index (χ1v) is 12.8. The van der Waals surface area contributed by atoms with Gasteiger partial charge in [0.15, 0.2) is 0 Å². The lowest BCUT2D eigenvalue weighted by Gasteiger charge is -2.28. The molecule has 1 unspecified atom stereocenters. The molecule has 1 N–H and O–H groups in total. The maximum absolute atomic E-state index is 11.2. The van der Waals surface area contributed by atoms with Crippen molar-refractivity contribution in [3.63, 3.8) is 0 Å². The molecule has 0 bridgehead atoms. The van der Waals surface area contributed by atoms with Crippen LogP contribution >= 0.6 is 23.5 Å². The molecule has 30 heavy (non-hydrogen) atoms. The Bertz CT molecular complexity index is 844. The number of aliphatic carboxylic acids is 1. The lowest BCUT2D eigenvalue weighted by Crippen LogP contribution is -2.25. The molecule has 0 aromatic heterocycles. The minimum absolute atomic E-state index is 0.174. The average molecular weight is 446 g/mol. The summed E-state index contributed by atoms with van der Waals surface area (Å²) in [5.74, 6) is 1.11. The van der Waals surface area contributed by atoms with Crippen LogP contribution in [-0.4, -0.2) is 36.2 Å². The summed E-state index contributed by atoms with van der Waals surface area (Å²) in [5.41, 5.74) is 2.43. The number of hydrogen-bond acceptors (Lipinski definition) is 5. The van der Waals surface area contributed by atoms with E-state index in [4.69, 9.17) is 4.74 Å². The van der Waals surface area contributed by atoms with E-state index in [2.05, 4.69) is 54.3 Å². The monoisotopic (exact) mass is 445 g/mol. The number of anilines is 2. The van der Waals surface area contributed by atoms with Crippen LogP contribution < -0.4 is 9.64 Å². The molecule has 6 heteroatoms. The fourth-order valence-corrected chi connectivity index (χ4v) is 5.30. The van der Waals surface area contributed by atoms with Crippen molar-refractivity contribution in [2.24, 2.45) is 11.8 Å². The first kappa shape index (κ1) is 22.9. The van der Waals surface area contributed by atoms with Gasteiger partial charge in [0.25, 0.3) is 0 Å². The second-order valence-electron chi connectivity index (χ2n) is 7.79. The number of rotatable bonds is 9. The van der Waals surface area contributed by atoms with Gasteiger partial charge in [0.05, 0.1) is 16.5 Å². The molecule has 0 saturated carbocycles. The van der Waals surface area contributed by atoms with Crippen LogP contribution in [0.25, 0.3) is 0 Å². The third kappa shape index (κ3) is 5.67. The standard InChI is InChI=1S/C24H31NO3S2/c1-4-5-9-18-14-25(19-10-7-6-8-11-19)20-12-23(29-3)21(13-22(20)30-16-18)28-15-17(2)24(26)27/h6-8,10-13,17-18H,4-5,9,14-16H2,1-3H3,(H,26,27)/t17?,18-/m0/s1. The highest BCUT2D eigenvalue weighted by Gasteiger charge is 2.25. The van der Waals surface area contributed by atoms with Crippen molar-refractivity contribution in [1.82, 2.24) is 0 Å². The van der Waals surface area contributed by atoms with Crippen LogP contribution in [0.3, 0.4) is 0 Å². The fourth-order valence-electron chi connectivity index (χ4n) is 3.55. The number of ether oxygens (including phenoxy) is 1. The summed E-state index contributed by atoms with van der Waals surface area (Å²) in [4.78, 5) is 15.9. The summed E-state index contributed by atoms with van der Waals surface area (Å²) in [6, 6.07) is 14.9. The molecule has 2 aromatic carbocycles. The van der Waals surface area contributed by atoms with Crippen molar-refractivity contribution in [2.45, 2.75) is 42.9 Å². The van der Waals surface area contributed by atoms with Crippen molar-refractivity contribution < 1.29 is 14.6 Å². The molecular weight excluding hydrogens is 414 g/mol. The van der Waals surface area contributed by atoms with Gasteiger partial charge >= 0.3 is 5.97 Å². The number of thioether (sulfide) groups is 2. The van der Waals surface area contributed by atoms with E-state index in [9.17, 15) is 9.90 Å². The Morgan fingerprint density at radius 3 is 2.77 bits per heavy atom. The maximum Gasteiger partial charge on any atom is 0.309 e. The molecule has 1 aliphatic rings. The van der Waals surface area contributed by atoms with E-state index in [1.54, 1.807) is 18.7 Å². The van der Waals surface area contributed by atoms with Crippen LogP contribution in [0.15, 0.2) is 52.3 Å². The third-order valence-corrected chi connectivity index (χ3v) is 7.43. The van der Waals surface area contributed by atoms with E-state index in [1.165, 1.54) is 35.5 Å². The number of unbranched alkanes of at least 4 members (excludes halogenated alkanes) is 1. The van der Waals surface area contributed by atoms with Gasteiger partial charge in [0, 0.05) is 22.9 Å². The summed E-state index contributed by atoms with van der Waals surface area (Å²) in [7, 11) is 0. The summed E-state index contributed by atoms with van der Waals surface area (Å²) < 4.78 is 5.96. The molecule has 0 aliphatic carbocycles. The zero-order valence-corrected chi connectivity index (χ0v) is 19.6. The van der Waals surface area contributed by atoms with Crippen molar-refractivity contribution in [1.29, 1.82) is 0 Å². The van der Waals surface area contributed by atoms with E-state index in [1.807, 2.05) is 18.0 Å². The number of carboxylic acids is 1. The molecule has 2 atom stereocenters. The molecule has 1 heterocycles. The van der Waals surface area contributed by atoms with Gasteiger partial charge in [-0.2, -0.15) is 0 Å². The van der Waals surface area contributed by atoms with Crippen LogP contribution in [0.1, 0.15) is 33.1 Å². The Morgan fingerprint density at radius 1 is 1.33 bits per heavy atom. The molecule has 0 amide bonds.